The maximum Gasteiger partial charge on any atom is 0.231 e. The predicted molar refractivity (Wildman–Crippen MR) is 98.5 cm³/mol. The third-order valence-electron chi connectivity index (χ3n) is 5.86. The summed E-state index contributed by atoms with van der Waals surface area (Å²) in [6, 6.07) is 0. The van der Waals surface area contributed by atoms with Crippen molar-refractivity contribution in [1.82, 2.24) is 15.2 Å². The highest BCUT2D eigenvalue weighted by molar-refractivity contribution is 7.09. The standard InChI is InChI=1S/C19H25N3O3S/c1-2-15-10-26-16(21-15)7-20-18(24)19-11-22(8-14(19)9-25-12-19)17(23)13-5-3-4-6-13/h3-4,10,13-14H,2,5-9,11-12H2,1H3,(H,20,24)/t14-,19-/m1/s1. The number of aryl methyl sites for hydroxylation is 1. The van der Waals surface area contributed by atoms with E-state index in [1.54, 1.807) is 11.3 Å². The van der Waals surface area contributed by atoms with Gasteiger partial charge in [0.25, 0.3) is 0 Å². The van der Waals surface area contributed by atoms with E-state index in [2.05, 4.69) is 29.4 Å². The number of carbonyl (C=O) groups is 2. The first-order chi connectivity index (χ1) is 12.6. The van der Waals surface area contributed by atoms with Gasteiger partial charge >= 0.3 is 0 Å². The summed E-state index contributed by atoms with van der Waals surface area (Å²) in [6.07, 6.45) is 6.68. The molecule has 1 aromatic rings. The molecule has 1 aromatic heterocycles. The van der Waals surface area contributed by atoms with Crippen molar-refractivity contribution in [3.8, 4) is 0 Å². The van der Waals surface area contributed by atoms with Crippen LogP contribution in [0.25, 0.3) is 0 Å². The lowest BCUT2D eigenvalue weighted by Gasteiger charge is -2.26. The molecule has 0 unspecified atom stereocenters. The average molecular weight is 375 g/mol. The van der Waals surface area contributed by atoms with Crippen molar-refractivity contribution >= 4 is 23.2 Å². The van der Waals surface area contributed by atoms with Crippen LogP contribution < -0.4 is 5.32 Å². The van der Waals surface area contributed by atoms with E-state index in [0.717, 1.165) is 30.0 Å². The molecule has 4 rings (SSSR count). The Labute approximate surface area is 157 Å². The Hall–Kier alpha value is -1.73. The average Bonchev–Trinajstić information content (AvgIpc) is 3.42. The predicted octanol–water partition coefficient (Wildman–Crippen LogP) is 1.76. The Morgan fingerprint density at radius 1 is 1.42 bits per heavy atom. The first-order valence-electron chi connectivity index (χ1n) is 9.35. The fraction of sp³-hybridized carbons (Fsp3) is 0.632. The lowest BCUT2D eigenvalue weighted by molar-refractivity contribution is -0.136. The molecule has 0 bridgehead atoms. The van der Waals surface area contributed by atoms with Crippen LogP contribution in [0.2, 0.25) is 0 Å². The lowest BCUT2D eigenvalue weighted by atomic mass is 9.80. The van der Waals surface area contributed by atoms with Gasteiger partial charge in [0.05, 0.1) is 30.9 Å². The van der Waals surface area contributed by atoms with E-state index < -0.39 is 5.41 Å². The lowest BCUT2D eigenvalue weighted by Crippen LogP contribution is -2.47. The molecule has 2 atom stereocenters. The van der Waals surface area contributed by atoms with Crippen LogP contribution in [0.3, 0.4) is 0 Å². The molecule has 0 radical (unpaired) electrons. The van der Waals surface area contributed by atoms with E-state index in [1.165, 1.54) is 0 Å². The Bertz CT molecular complexity index is 723. The van der Waals surface area contributed by atoms with Crippen LogP contribution in [0.1, 0.15) is 30.5 Å². The molecule has 26 heavy (non-hydrogen) atoms. The number of thiazole rings is 1. The number of ether oxygens (including phenoxy) is 1. The molecular weight excluding hydrogens is 350 g/mol. The third-order valence-corrected chi connectivity index (χ3v) is 6.75. The van der Waals surface area contributed by atoms with Crippen molar-refractivity contribution in [2.75, 3.05) is 26.3 Å². The number of carbonyl (C=O) groups excluding carboxylic acids is 2. The summed E-state index contributed by atoms with van der Waals surface area (Å²) in [7, 11) is 0. The van der Waals surface area contributed by atoms with Crippen molar-refractivity contribution in [2.45, 2.75) is 32.7 Å². The number of aromatic nitrogens is 1. The molecule has 0 saturated carbocycles. The largest absolute Gasteiger partial charge is 0.380 e. The van der Waals surface area contributed by atoms with Crippen molar-refractivity contribution in [2.24, 2.45) is 17.3 Å². The van der Waals surface area contributed by atoms with Crippen LogP contribution in [-0.2, 0) is 27.3 Å². The Morgan fingerprint density at radius 2 is 2.23 bits per heavy atom. The number of hydrogen-bond donors (Lipinski definition) is 1. The number of allylic oxidation sites excluding steroid dienone is 2. The third kappa shape index (κ3) is 3.07. The number of nitrogens with zero attached hydrogens (tertiary/aromatic N) is 2. The molecule has 3 heterocycles. The van der Waals surface area contributed by atoms with Crippen LogP contribution >= 0.6 is 11.3 Å². The quantitative estimate of drug-likeness (QED) is 0.796. The van der Waals surface area contributed by atoms with Crippen LogP contribution in [-0.4, -0.2) is 48.0 Å². The fourth-order valence-electron chi connectivity index (χ4n) is 4.23. The minimum absolute atomic E-state index is 0.00639. The molecule has 2 fully saturated rings. The van der Waals surface area contributed by atoms with E-state index in [4.69, 9.17) is 4.74 Å². The smallest absolute Gasteiger partial charge is 0.231 e. The maximum absolute atomic E-state index is 13.0. The molecule has 2 amide bonds. The van der Waals surface area contributed by atoms with E-state index in [-0.39, 0.29) is 23.7 Å². The van der Waals surface area contributed by atoms with E-state index >= 15 is 0 Å². The van der Waals surface area contributed by atoms with Gasteiger partial charge < -0.3 is 15.0 Å². The van der Waals surface area contributed by atoms with Crippen molar-refractivity contribution in [1.29, 1.82) is 0 Å². The van der Waals surface area contributed by atoms with Gasteiger partial charge in [-0.1, -0.05) is 19.1 Å². The van der Waals surface area contributed by atoms with Gasteiger partial charge in [-0.05, 0) is 19.3 Å². The van der Waals surface area contributed by atoms with E-state index in [9.17, 15) is 9.59 Å². The summed E-state index contributed by atoms with van der Waals surface area (Å²) in [5.41, 5.74) is 0.453. The Kier molecular flexibility index (Phi) is 4.84. The molecule has 6 nitrogen and oxygen atoms in total. The highest BCUT2D eigenvalue weighted by Gasteiger charge is 2.57. The zero-order valence-corrected chi connectivity index (χ0v) is 15.9. The van der Waals surface area contributed by atoms with Crippen LogP contribution in [0.15, 0.2) is 17.5 Å². The molecule has 140 valence electrons. The molecule has 7 heteroatoms. The minimum atomic E-state index is -0.605. The zero-order valence-electron chi connectivity index (χ0n) is 15.1. The summed E-state index contributed by atoms with van der Waals surface area (Å²) in [5, 5.41) is 6.00. The van der Waals surface area contributed by atoms with Gasteiger partial charge in [0.2, 0.25) is 11.8 Å². The summed E-state index contributed by atoms with van der Waals surface area (Å²) >= 11 is 1.58. The van der Waals surface area contributed by atoms with Crippen LogP contribution in [0.4, 0.5) is 0 Å². The van der Waals surface area contributed by atoms with Crippen molar-refractivity contribution in [3.05, 3.63) is 28.2 Å². The van der Waals surface area contributed by atoms with Crippen molar-refractivity contribution < 1.29 is 14.3 Å². The first-order valence-corrected chi connectivity index (χ1v) is 10.2. The molecule has 0 aromatic carbocycles. The fourth-order valence-corrected chi connectivity index (χ4v) is 5.04. The normalized spacial score (nSPS) is 27.9. The second-order valence-electron chi connectivity index (χ2n) is 7.50. The number of fused-ring (bicyclic) bond motifs is 1. The second kappa shape index (κ2) is 7.12. The summed E-state index contributed by atoms with van der Waals surface area (Å²) in [6.45, 7) is 4.56. The number of amides is 2. The molecule has 1 N–H and O–H groups in total. The molecule has 2 saturated heterocycles. The Morgan fingerprint density at radius 3 is 2.96 bits per heavy atom. The van der Waals surface area contributed by atoms with Gasteiger partial charge in [-0.3, -0.25) is 9.59 Å². The van der Waals surface area contributed by atoms with Gasteiger partial charge in [0, 0.05) is 30.3 Å². The summed E-state index contributed by atoms with van der Waals surface area (Å²) < 4.78 is 5.64. The van der Waals surface area contributed by atoms with Gasteiger partial charge in [-0.25, -0.2) is 4.98 Å². The SMILES string of the molecule is CCc1csc(CNC(=O)[C@]23COC[C@H]2CN(C(=O)C2CC=CC2)C3)n1. The number of nitrogens with one attached hydrogen (secondary N) is 1. The van der Waals surface area contributed by atoms with Crippen LogP contribution in [0, 0.1) is 17.3 Å². The van der Waals surface area contributed by atoms with E-state index in [1.807, 2.05) is 10.3 Å². The van der Waals surface area contributed by atoms with Gasteiger partial charge in [-0.15, -0.1) is 11.3 Å². The zero-order chi connectivity index (χ0) is 18.1. The Balaban J connectivity index is 1.41. The summed E-state index contributed by atoms with van der Waals surface area (Å²) in [4.78, 5) is 32.2. The topological polar surface area (TPSA) is 71.5 Å². The van der Waals surface area contributed by atoms with Crippen molar-refractivity contribution in [3.63, 3.8) is 0 Å². The van der Waals surface area contributed by atoms with Gasteiger partial charge in [-0.2, -0.15) is 0 Å². The highest BCUT2D eigenvalue weighted by atomic mass is 32.1. The highest BCUT2D eigenvalue weighted by Crippen LogP contribution is 2.42. The van der Waals surface area contributed by atoms with Crippen LogP contribution in [0.5, 0.6) is 0 Å². The molecule has 2 aliphatic heterocycles. The maximum atomic E-state index is 13.0. The summed E-state index contributed by atoms with van der Waals surface area (Å²) in [5.74, 6) is 0.318. The monoisotopic (exact) mass is 375 g/mol. The minimum Gasteiger partial charge on any atom is -0.380 e. The number of likely N-dealkylation sites (tertiary alicyclic amines) is 1. The molecule has 1 aliphatic carbocycles. The van der Waals surface area contributed by atoms with Gasteiger partial charge in [0.1, 0.15) is 5.01 Å². The van der Waals surface area contributed by atoms with Gasteiger partial charge in [0.15, 0.2) is 0 Å². The second-order valence-corrected chi connectivity index (χ2v) is 8.44. The molecule has 0 spiro atoms. The molecular formula is C19H25N3O3S. The van der Waals surface area contributed by atoms with E-state index in [0.29, 0.717) is 32.8 Å². The number of hydrogen-bond acceptors (Lipinski definition) is 5. The molecule has 3 aliphatic rings. The number of rotatable bonds is 5. The first kappa shape index (κ1) is 17.7.